The van der Waals surface area contributed by atoms with Crippen molar-refractivity contribution in [1.82, 2.24) is 15.2 Å². The summed E-state index contributed by atoms with van der Waals surface area (Å²) in [7, 11) is 1.39. The fraction of sp³-hybridized carbons (Fsp3) is 0.0833. The van der Waals surface area contributed by atoms with Gasteiger partial charge in [0.05, 0.1) is 13.5 Å². The quantitative estimate of drug-likeness (QED) is 0.501. The number of amides is 1. The van der Waals surface area contributed by atoms with Crippen molar-refractivity contribution in [3.8, 4) is 28.3 Å². The number of hydrogen-bond donors (Lipinski definition) is 1. The van der Waals surface area contributed by atoms with Gasteiger partial charge in [0.15, 0.2) is 11.6 Å². The molecule has 0 atom stereocenters. The lowest BCUT2D eigenvalue weighted by Gasteiger charge is -2.10. The zero-order chi connectivity index (χ0) is 21.6. The Labute approximate surface area is 178 Å². The second kappa shape index (κ2) is 9.13. The fourth-order valence-corrected chi connectivity index (χ4v) is 3.14. The molecule has 6 nitrogen and oxygen atoms in total. The van der Waals surface area contributed by atoms with Crippen LogP contribution in [-0.4, -0.2) is 28.2 Å². The van der Waals surface area contributed by atoms with Gasteiger partial charge in [-0.25, -0.2) is 9.37 Å². The standard InChI is InChI=1S/C24H19FN4O2/c1-31-20-13-12-16(14-19(20)25)15-21(30)26-24-27-22(17-8-4-2-5-9-17)23(28-29-24)18-10-6-3-7-11-18/h2-14H,15H2,1H3,(H,26,27,29,30). The minimum atomic E-state index is -0.524. The molecule has 0 radical (unpaired) electrons. The minimum absolute atomic E-state index is 0.0363. The molecule has 1 amide bonds. The molecule has 1 aromatic heterocycles. The van der Waals surface area contributed by atoms with Crippen molar-refractivity contribution in [2.24, 2.45) is 0 Å². The average molecular weight is 414 g/mol. The van der Waals surface area contributed by atoms with E-state index in [0.717, 1.165) is 11.1 Å². The number of nitrogens with zero attached hydrogens (tertiary/aromatic N) is 3. The van der Waals surface area contributed by atoms with Gasteiger partial charge >= 0.3 is 0 Å². The largest absolute Gasteiger partial charge is 0.494 e. The van der Waals surface area contributed by atoms with Crippen molar-refractivity contribution in [1.29, 1.82) is 0 Å². The lowest BCUT2D eigenvalue weighted by Crippen LogP contribution is -2.17. The highest BCUT2D eigenvalue weighted by atomic mass is 19.1. The van der Waals surface area contributed by atoms with Gasteiger partial charge in [-0.1, -0.05) is 66.7 Å². The Morgan fingerprint density at radius 2 is 1.55 bits per heavy atom. The lowest BCUT2D eigenvalue weighted by molar-refractivity contribution is -0.115. The molecule has 0 aliphatic heterocycles. The molecule has 0 saturated heterocycles. The van der Waals surface area contributed by atoms with Gasteiger partial charge in [-0.15, -0.1) is 10.2 Å². The van der Waals surface area contributed by atoms with Crippen LogP contribution in [0.5, 0.6) is 5.75 Å². The van der Waals surface area contributed by atoms with E-state index in [-0.39, 0.29) is 24.0 Å². The SMILES string of the molecule is COc1ccc(CC(=O)Nc2nnc(-c3ccccc3)c(-c3ccccc3)n2)cc1F. The van der Waals surface area contributed by atoms with E-state index in [1.165, 1.54) is 19.2 Å². The Bertz CT molecular complexity index is 1200. The Morgan fingerprint density at radius 1 is 0.903 bits per heavy atom. The summed E-state index contributed by atoms with van der Waals surface area (Å²) in [6.07, 6.45) is -0.0363. The number of carbonyl (C=O) groups excluding carboxylic acids is 1. The molecule has 0 fully saturated rings. The molecule has 0 saturated carbocycles. The summed E-state index contributed by atoms with van der Waals surface area (Å²) in [5, 5.41) is 11.0. The third-order valence-corrected chi connectivity index (χ3v) is 4.61. The highest BCUT2D eigenvalue weighted by Gasteiger charge is 2.15. The van der Waals surface area contributed by atoms with Crippen molar-refractivity contribution in [3.63, 3.8) is 0 Å². The van der Waals surface area contributed by atoms with Gasteiger partial charge in [0, 0.05) is 11.1 Å². The Hall–Kier alpha value is -4.13. The molecule has 3 aromatic carbocycles. The number of anilines is 1. The van der Waals surface area contributed by atoms with Crippen LogP contribution in [0.15, 0.2) is 78.9 Å². The molecule has 1 heterocycles. The summed E-state index contributed by atoms with van der Waals surface area (Å²) in [5.74, 6) is -0.694. The molecule has 0 aliphatic carbocycles. The molecule has 31 heavy (non-hydrogen) atoms. The Morgan fingerprint density at radius 3 is 2.16 bits per heavy atom. The monoisotopic (exact) mass is 414 g/mol. The highest BCUT2D eigenvalue weighted by Crippen LogP contribution is 2.28. The molecule has 4 rings (SSSR count). The number of aromatic nitrogens is 3. The maximum atomic E-state index is 13.9. The number of carbonyl (C=O) groups is 1. The molecule has 4 aromatic rings. The van der Waals surface area contributed by atoms with E-state index >= 15 is 0 Å². The topological polar surface area (TPSA) is 77.0 Å². The van der Waals surface area contributed by atoms with E-state index < -0.39 is 5.82 Å². The van der Waals surface area contributed by atoms with E-state index in [2.05, 4.69) is 20.5 Å². The highest BCUT2D eigenvalue weighted by molar-refractivity contribution is 5.91. The van der Waals surface area contributed by atoms with Crippen LogP contribution in [0, 0.1) is 5.82 Å². The first kappa shape index (κ1) is 20.2. The predicted molar refractivity (Wildman–Crippen MR) is 116 cm³/mol. The average Bonchev–Trinajstić information content (AvgIpc) is 2.80. The maximum absolute atomic E-state index is 13.9. The van der Waals surface area contributed by atoms with Crippen LogP contribution in [0.25, 0.3) is 22.5 Å². The minimum Gasteiger partial charge on any atom is -0.494 e. The van der Waals surface area contributed by atoms with Crippen molar-refractivity contribution in [3.05, 3.63) is 90.2 Å². The van der Waals surface area contributed by atoms with Crippen molar-refractivity contribution in [2.45, 2.75) is 6.42 Å². The number of methoxy groups -OCH3 is 1. The lowest BCUT2D eigenvalue weighted by atomic mass is 10.0. The first-order chi connectivity index (χ1) is 15.1. The van der Waals surface area contributed by atoms with Crippen LogP contribution in [0.3, 0.4) is 0 Å². The third kappa shape index (κ3) is 4.72. The van der Waals surface area contributed by atoms with E-state index in [4.69, 9.17) is 4.74 Å². The van der Waals surface area contributed by atoms with Crippen LogP contribution in [0.2, 0.25) is 0 Å². The summed E-state index contributed by atoms with van der Waals surface area (Å²) in [5.41, 5.74) is 3.44. The van der Waals surface area contributed by atoms with Gasteiger partial charge in [0.25, 0.3) is 0 Å². The van der Waals surface area contributed by atoms with E-state index in [1.54, 1.807) is 6.07 Å². The molecule has 0 aliphatic rings. The number of benzene rings is 3. The van der Waals surface area contributed by atoms with Crippen molar-refractivity contribution < 1.29 is 13.9 Å². The van der Waals surface area contributed by atoms with Gasteiger partial charge in [0.1, 0.15) is 11.4 Å². The van der Waals surface area contributed by atoms with Crippen LogP contribution >= 0.6 is 0 Å². The first-order valence-electron chi connectivity index (χ1n) is 9.62. The van der Waals surface area contributed by atoms with Crippen LogP contribution in [0.4, 0.5) is 10.3 Å². The van der Waals surface area contributed by atoms with Gasteiger partial charge in [-0.3, -0.25) is 10.1 Å². The summed E-state index contributed by atoms with van der Waals surface area (Å²) in [6.45, 7) is 0. The molecular weight excluding hydrogens is 395 g/mol. The maximum Gasteiger partial charge on any atom is 0.249 e. The molecule has 0 bridgehead atoms. The van der Waals surface area contributed by atoms with Gasteiger partial charge in [0.2, 0.25) is 11.9 Å². The first-order valence-corrected chi connectivity index (χ1v) is 9.62. The molecule has 0 unspecified atom stereocenters. The fourth-order valence-electron chi connectivity index (χ4n) is 3.14. The zero-order valence-electron chi connectivity index (χ0n) is 16.7. The summed E-state index contributed by atoms with van der Waals surface area (Å²) in [6, 6.07) is 23.5. The van der Waals surface area contributed by atoms with Crippen molar-refractivity contribution in [2.75, 3.05) is 12.4 Å². The summed E-state index contributed by atoms with van der Waals surface area (Å²) < 4.78 is 18.8. The number of ether oxygens (including phenoxy) is 1. The smallest absolute Gasteiger partial charge is 0.249 e. The number of nitrogens with one attached hydrogen (secondary N) is 1. The molecule has 7 heteroatoms. The van der Waals surface area contributed by atoms with E-state index in [0.29, 0.717) is 17.0 Å². The van der Waals surface area contributed by atoms with Crippen LogP contribution < -0.4 is 10.1 Å². The summed E-state index contributed by atoms with van der Waals surface area (Å²) >= 11 is 0. The van der Waals surface area contributed by atoms with Gasteiger partial charge in [-0.2, -0.15) is 0 Å². The van der Waals surface area contributed by atoms with Gasteiger partial charge in [-0.05, 0) is 17.7 Å². The molecule has 1 N–H and O–H groups in total. The Kier molecular flexibility index (Phi) is 5.93. The molecule has 0 spiro atoms. The third-order valence-electron chi connectivity index (χ3n) is 4.61. The second-order valence-corrected chi connectivity index (χ2v) is 6.76. The number of halogens is 1. The van der Waals surface area contributed by atoms with Crippen LogP contribution in [-0.2, 0) is 11.2 Å². The molecule has 154 valence electrons. The number of rotatable bonds is 6. The van der Waals surface area contributed by atoms with Gasteiger partial charge < -0.3 is 4.74 Å². The zero-order valence-corrected chi connectivity index (χ0v) is 16.7. The van der Waals surface area contributed by atoms with Crippen LogP contribution in [0.1, 0.15) is 5.56 Å². The number of hydrogen-bond acceptors (Lipinski definition) is 5. The normalized spacial score (nSPS) is 10.5. The molecular formula is C24H19FN4O2. The second-order valence-electron chi connectivity index (χ2n) is 6.76. The van der Waals surface area contributed by atoms with E-state index in [9.17, 15) is 9.18 Å². The summed E-state index contributed by atoms with van der Waals surface area (Å²) in [4.78, 5) is 17.0. The van der Waals surface area contributed by atoms with Crippen molar-refractivity contribution >= 4 is 11.9 Å². The van der Waals surface area contributed by atoms with E-state index in [1.807, 2.05) is 60.7 Å². The predicted octanol–water partition coefficient (Wildman–Crippen LogP) is 4.53. The Balaban J connectivity index is 1.60.